The maximum absolute atomic E-state index is 12.1. The van der Waals surface area contributed by atoms with Crippen molar-refractivity contribution in [2.24, 2.45) is 0 Å². The minimum atomic E-state index is -0.166. The monoisotopic (exact) mass is 310 g/mol. The van der Waals surface area contributed by atoms with Gasteiger partial charge in [0.1, 0.15) is 0 Å². The Labute approximate surface area is 131 Å². The highest BCUT2D eigenvalue weighted by Crippen LogP contribution is 2.16. The third-order valence-electron chi connectivity index (χ3n) is 3.88. The fraction of sp³-hybridized carbons (Fsp3) is 0.786. The number of carbonyl (C=O) groups is 1. The van der Waals surface area contributed by atoms with E-state index in [1.165, 1.54) is 0 Å². The zero-order chi connectivity index (χ0) is 15.8. The predicted octanol–water partition coefficient (Wildman–Crippen LogP) is -0.489. The zero-order valence-electron chi connectivity index (χ0n) is 13.4. The van der Waals surface area contributed by atoms with E-state index in [2.05, 4.69) is 25.8 Å². The summed E-state index contributed by atoms with van der Waals surface area (Å²) in [6, 6.07) is 0.343. The minimum Gasteiger partial charge on any atom is -0.383 e. The SMILES string of the molecule is COCCN(C)CCNC(=O)c1cn(C2CCNCC2)nn1. The Balaban J connectivity index is 1.74. The van der Waals surface area contributed by atoms with Gasteiger partial charge in [0.25, 0.3) is 5.91 Å². The lowest BCUT2D eigenvalue weighted by Crippen LogP contribution is -2.34. The quantitative estimate of drug-likeness (QED) is 0.674. The van der Waals surface area contributed by atoms with E-state index < -0.39 is 0 Å². The number of nitrogens with one attached hydrogen (secondary N) is 2. The molecule has 2 heterocycles. The van der Waals surface area contributed by atoms with Crippen molar-refractivity contribution >= 4 is 5.91 Å². The largest absolute Gasteiger partial charge is 0.383 e. The van der Waals surface area contributed by atoms with Gasteiger partial charge in [-0.15, -0.1) is 5.10 Å². The van der Waals surface area contributed by atoms with Gasteiger partial charge < -0.3 is 20.3 Å². The molecular formula is C14H26N6O2. The van der Waals surface area contributed by atoms with Crippen LogP contribution in [0.15, 0.2) is 6.20 Å². The molecule has 1 amide bonds. The van der Waals surface area contributed by atoms with Crippen LogP contribution in [0.3, 0.4) is 0 Å². The Morgan fingerprint density at radius 1 is 1.50 bits per heavy atom. The fourth-order valence-corrected chi connectivity index (χ4v) is 2.44. The average Bonchev–Trinajstić information content (AvgIpc) is 3.04. The van der Waals surface area contributed by atoms with E-state index in [4.69, 9.17) is 4.74 Å². The number of nitrogens with zero attached hydrogens (tertiary/aromatic N) is 4. The molecule has 2 N–H and O–H groups in total. The molecule has 0 aromatic carbocycles. The predicted molar refractivity (Wildman–Crippen MR) is 82.9 cm³/mol. The molecule has 0 saturated carbocycles. The molecule has 8 nitrogen and oxygen atoms in total. The molecule has 1 aromatic heterocycles. The summed E-state index contributed by atoms with van der Waals surface area (Å²) in [6.07, 6.45) is 3.80. The molecule has 0 atom stereocenters. The lowest BCUT2D eigenvalue weighted by molar-refractivity contribution is 0.0942. The van der Waals surface area contributed by atoms with E-state index in [1.54, 1.807) is 13.3 Å². The van der Waals surface area contributed by atoms with E-state index in [1.807, 2.05) is 11.7 Å². The van der Waals surface area contributed by atoms with Gasteiger partial charge in [0.15, 0.2) is 5.69 Å². The van der Waals surface area contributed by atoms with Gasteiger partial charge in [0.2, 0.25) is 0 Å². The van der Waals surface area contributed by atoms with Gasteiger partial charge >= 0.3 is 0 Å². The molecule has 2 rings (SSSR count). The van der Waals surface area contributed by atoms with Crippen LogP contribution >= 0.6 is 0 Å². The van der Waals surface area contributed by atoms with Gasteiger partial charge in [0.05, 0.1) is 18.8 Å². The summed E-state index contributed by atoms with van der Waals surface area (Å²) >= 11 is 0. The Morgan fingerprint density at radius 2 is 2.27 bits per heavy atom. The molecular weight excluding hydrogens is 284 g/mol. The summed E-state index contributed by atoms with van der Waals surface area (Å²) < 4.78 is 6.84. The van der Waals surface area contributed by atoms with Gasteiger partial charge in [0, 0.05) is 26.7 Å². The van der Waals surface area contributed by atoms with Crippen molar-refractivity contribution in [1.82, 2.24) is 30.5 Å². The molecule has 0 unspecified atom stereocenters. The molecule has 0 bridgehead atoms. The fourth-order valence-electron chi connectivity index (χ4n) is 2.44. The van der Waals surface area contributed by atoms with Crippen LogP contribution in [0.2, 0.25) is 0 Å². The minimum absolute atomic E-state index is 0.166. The van der Waals surface area contributed by atoms with Crippen LogP contribution in [0.5, 0.6) is 0 Å². The molecule has 1 aliphatic heterocycles. The molecule has 124 valence electrons. The van der Waals surface area contributed by atoms with Crippen LogP contribution in [-0.4, -0.2) is 79.3 Å². The van der Waals surface area contributed by atoms with E-state index in [0.717, 1.165) is 39.0 Å². The Hall–Kier alpha value is -1.51. The summed E-state index contributed by atoms with van der Waals surface area (Å²) in [6.45, 7) is 4.86. The van der Waals surface area contributed by atoms with Gasteiger partial charge in [-0.3, -0.25) is 4.79 Å². The van der Waals surface area contributed by atoms with Crippen LogP contribution in [-0.2, 0) is 4.74 Å². The molecule has 1 aliphatic rings. The van der Waals surface area contributed by atoms with Crippen LogP contribution in [0.1, 0.15) is 29.4 Å². The molecule has 1 fully saturated rings. The number of rotatable bonds is 8. The third kappa shape index (κ3) is 5.04. The van der Waals surface area contributed by atoms with Crippen LogP contribution in [0.4, 0.5) is 0 Å². The highest BCUT2D eigenvalue weighted by molar-refractivity contribution is 5.91. The molecule has 0 aliphatic carbocycles. The first kappa shape index (κ1) is 16.9. The van der Waals surface area contributed by atoms with Crippen LogP contribution < -0.4 is 10.6 Å². The van der Waals surface area contributed by atoms with Gasteiger partial charge in [-0.25, -0.2) is 4.68 Å². The maximum atomic E-state index is 12.1. The van der Waals surface area contributed by atoms with Crippen molar-refractivity contribution in [2.75, 3.05) is 53.5 Å². The zero-order valence-corrected chi connectivity index (χ0v) is 13.4. The normalized spacial score (nSPS) is 16.1. The number of carbonyl (C=O) groups excluding carboxylic acids is 1. The van der Waals surface area contributed by atoms with Crippen molar-refractivity contribution in [2.45, 2.75) is 18.9 Å². The summed E-state index contributed by atoms with van der Waals surface area (Å²) in [4.78, 5) is 14.2. The van der Waals surface area contributed by atoms with Crippen molar-refractivity contribution in [1.29, 1.82) is 0 Å². The molecule has 1 saturated heterocycles. The van der Waals surface area contributed by atoms with Crippen molar-refractivity contribution < 1.29 is 9.53 Å². The van der Waals surface area contributed by atoms with E-state index >= 15 is 0 Å². The number of hydrogen-bond acceptors (Lipinski definition) is 6. The molecule has 8 heteroatoms. The number of piperidine rings is 1. The summed E-state index contributed by atoms with van der Waals surface area (Å²) in [5.41, 5.74) is 0.387. The Bertz CT molecular complexity index is 458. The van der Waals surface area contributed by atoms with E-state index in [0.29, 0.717) is 24.9 Å². The second-order valence-electron chi connectivity index (χ2n) is 5.62. The standard InChI is InChI=1S/C14H26N6O2/c1-19(9-10-22-2)8-7-16-14(21)13-11-20(18-17-13)12-3-5-15-6-4-12/h11-12,15H,3-10H2,1-2H3,(H,16,21). The average molecular weight is 310 g/mol. The number of amides is 1. The first-order valence-corrected chi connectivity index (χ1v) is 7.79. The molecule has 0 radical (unpaired) electrons. The van der Waals surface area contributed by atoms with Crippen molar-refractivity contribution in [3.8, 4) is 0 Å². The molecule has 1 aromatic rings. The first-order chi connectivity index (χ1) is 10.7. The summed E-state index contributed by atoms with van der Waals surface area (Å²) in [5, 5.41) is 14.3. The lowest BCUT2D eigenvalue weighted by Gasteiger charge is -2.22. The topological polar surface area (TPSA) is 84.3 Å². The molecule has 22 heavy (non-hydrogen) atoms. The lowest BCUT2D eigenvalue weighted by atomic mass is 10.1. The van der Waals surface area contributed by atoms with Crippen molar-refractivity contribution in [3.05, 3.63) is 11.9 Å². The number of aromatic nitrogens is 3. The smallest absolute Gasteiger partial charge is 0.273 e. The van der Waals surface area contributed by atoms with Crippen molar-refractivity contribution in [3.63, 3.8) is 0 Å². The Kier molecular flexibility index (Phi) is 6.75. The maximum Gasteiger partial charge on any atom is 0.273 e. The molecule has 0 spiro atoms. The number of ether oxygens (including phenoxy) is 1. The summed E-state index contributed by atoms with van der Waals surface area (Å²) in [5.74, 6) is -0.166. The summed E-state index contributed by atoms with van der Waals surface area (Å²) in [7, 11) is 3.68. The van der Waals surface area contributed by atoms with Crippen LogP contribution in [0, 0.1) is 0 Å². The second kappa shape index (κ2) is 8.82. The number of likely N-dealkylation sites (N-methyl/N-ethyl adjacent to an activating group) is 1. The first-order valence-electron chi connectivity index (χ1n) is 7.79. The second-order valence-corrected chi connectivity index (χ2v) is 5.62. The van der Waals surface area contributed by atoms with Gasteiger partial charge in [-0.1, -0.05) is 5.21 Å². The van der Waals surface area contributed by atoms with Crippen LogP contribution in [0.25, 0.3) is 0 Å². The highest BCUT2D eigenvalue weighted by Gasteiger charge is 2.18. The Morgan fingerprint density at radius 3 is 3.00 bits per heavy atom. The number of hydrogen-bond donors (Lipinski definition) is 2. The van der Waals surface area contributed by atoms with E-state index in [9.17, 15) is 4.79 Å². The third-order valence-corrected chi connectivity index (χ3v) is 3.88. The number of methoxy groups -OCH3 is 1. The highest BCUT2D eigenvalue weighted by atomic mass is 16.5. The van der Waals surface area contributed by atoms with Gasteiger partial charge in [-0.05, 0) is 33.0 Å². The van der Waals surface area contributed by atoms with Gasteiger partial charge in [-0.2, -0.15) is 0 Å². The van der Waals surface area contributed by atoms with E-state index in [-0.39, 0.29) is 5.91 Å².